The number of hydrogen-bond donors (Lipinski definition) is 1. The summed E-state index contributed by atoms with van der Waals surface area (Å²) in [7, 11) is 0. The van der Waals surface area contributed by atoms with Gasteiger partial charge >= 0.3 is 0 Å². The van der Waals surface area contributed by atoms with Gasteiger partial charge in [0.05, 0.1) is 0 Å². The van der Waals surface area contributed by atoms with Gasteiger partial charge in [-0.25, -0.2) is 0 Å². The standard InChI is InChI=1S/C15H31N/c1-11(2)14-9-15(5,6)8-7-13(14)10-16-12(3)4/h11-14,16H,7-10H2,1-6H3. The Bertz CT molecular complexity index is 203. The van der Waals surface area contributed by atoms with E-state index in [2.05, 4.69) is 46.9 Å². The van der Waals surface area contributed by atoms with Gasteiger partial charge in [-0.3, -0.25) is 0 Å². The van der Waals surface area contributed by atoms with Crippen LogP contribution in [-0.4, -0.2) is 12.6 Å². The van der Waals surface area contributed by atoms with Gasteiger partial charge in [0, 0.05) is 6.04 Å². The summed E-state index contributed by atoms with van der Waals surface area (Å²) in [4.78, 5) is 0. The molecule has 0 saturated heterocycles. The minimum Gasteiger partial charge on any atom is -0.314 e. The molecule has 1 fully saturated rings. The van der Waals surface area contributed by atoms with Crippen molar-refractivity contribution in [3.63, 3.8) is 0 Å². The highest BCUT2D eigenvalue weighted by molar-refractivity contribution is 4.87. The van der Waals surface area contributed by atoms with Crippen molar-refractivity contribution >= 4 is 0 Å². The Morgan fingerprint density at radius 1 is 1.19 bits per heavy atom. The molecule has 2 unspecified atom stereocenters. The molecule has 2 atom stereocenters. The third-order valence-electron chi connectivity index (χ3n) is 4.23. The summed E-state index contributed by atoms with van der Waals surface area (Å²) in [5, 5.41) is 3.63. The fraction of sp³-hybridized carbons (Fsp3) is 1.00. The summed E-state index contributed by atoms with van der Waals surface area (Å²) >= 11 is 0. The maximum Gasteiger partial charge on any atom is 0.00104 e. The van der Waals surface area contributed by atoms with Gasteiger partial charge in [0.1, 0.15) is 0 Å². The highest BCUT2D eigenvalue weighted by atomic mass is 14.9. The number of rotatable bonds is 4. The smallest absolute Gasteiger partial charge is 0.00104 e. The van der Waals surface area contributed by atoms with E-state index < -0.39 is 0 Å². The second kappa shape index (κ2) is 5.53. The average molecular weight is 225 g/mol. The Hall–Kier alpha value is -0.0400. The molecule has 0 aromatic carbocycles. The molecule has 0 radical (unpaired) electrons. The van der Waals surface area contributed by atoms with Crippen molar-refractivity contribution in [3.8, 4) is 0 Å². The number of hydrogen-bond acceptors (Lipinski definition) is 1. The maximum atomic E-state index is 3.63. The molecule has 0 spiro atoms. The van der Waals surface area contributed by atoms with Crippen LogP contribution in [0.5, 0.6) is 0 Å². The minimum absolute atomic E-state index is 0.573. The summed E-state index contributed by atoms with van der Waals surface area (Å²) in [6.45, 7) is 15.4. The van der Waals surface area contributed by atoms with Gasteiger partial charge < -0.3 is 5.32 Å². The predicted octanol–water partition coefficient (Wildman–Crippen LogP) is 4.08. The molecule has 1 saturated carbocycles. The van der Waals surface area contributed by atoms with Crippen LogP contribution in [0.15, 0.2) is 0 Å². The molecule has 0 aromatic heterocycles. The molecule has 96 valence electrons. The van der Waals surface area contributed by atoms with Crippen molar-refractivity contribution in [3.05, 3.63) is 0 Å². The molecule has 1 aliphatic carbocycles. The van der Waals surface area contributed by atoms with E-state index >= 15 is 0 Å². The number of nitrogens with one attached hydrogen (secondary N) is 1. The second-order valence-corrected chi connectivity index (χ2v) is 7.14. The van der Waals surface area contributed by atoms with Crippen LogP contribution in [-0.2, 0) is 0 Å². The van der Waals surface area contributed by atoms with E-state index in [0.29, 0.717) is 11.5 Å². The van der Waals surface area contributed by atoms with Gasteiger partial charge in [-0.2, -0.15) is 0 Å². The van der Waals surface area contributed by atoms with Crippen LogP contribution < -0.4 is 5.32 Å². The Kier molecular flexibility index (Phi) is 4.85. The van der Waals surface area contributed by atoms with Crippen molar-refractivity contribution in [2.24, 2.45) is 23.2 Å². The first kappa shape index (κ1) is 14.0. The third kappa shape index (κ3) is 4.08. The largest absolute Gasteiger partial charge is 0.314 e. The second-order valence-electron chi connectivity index (χ2n) is 7.14. The summed E-state index contributed by atoms with van der Waals surface area (Å²) in [5.41, 5.74) is 0.573. The van der Waals surface area contributed by atoms with E-state index in [4.69, 9.17) is 0 Å². The van der Waals surface area contributed by atoms with E-state index in [1.54, 1.807) is 0 Å². The Morgan fingerprint density at radius 2 is 1.81 bits per heavy atom. The summed E-state index contributed by atoms with van der Waals surface area (Å²) in [6.07, 6.45) is 4.23. The molecule has 1 N–H and O–H groups in total. The van der Waals surface area contributed by atoms with Crippen LogP contribution in [0, 0.1) is 23.2 Å². The zero-order valence-corrected chi connectivity index (χ0v) is 12.1. The van der Waals surface area contributed by atoms with E-state index in [-0.39, 0.29) is 0 Å². The van der Waals surface area contributed by atoms with E-state index in [0.717, 1.165) is 17.8 Å². The van der Waals surface area contributed by atoms with E-state index in [1.807, 2.05) is 0 Å². The van der Waals surface area contributed by atoms with Gasteiger partial charge in [-0.05, 0) is 49.0 Å². The van der Waals surface area contributed by atoms with Gasteiger partial charge in [-0.15, -0.1) is 0 Å². The van der Waals surface area contributed by atoms with Crippen molar-refractivity contribution in [1.29, 1.82) is 0 Å². The lowest BCUT2D eigenvalue weighted by Crippen LogP contribution is -2.39. The van der Waals surface area contributed by atoms with Crippen LogP contribution in [0.25, 0.3) is 0 Å². The normalized spacial score (nSPS) is 30.0. The molecule has 1 aliphatic rings. The van der Waals surface area contributed by atoms with Crippen LogP contribution in [0.1, 0.15) is 60.8 Å². The molecular weight excluding hydrogens is 194 g/mol. The van der Waals surface area contributed by atoms with E-state index in [1.165, 1.54) is 25.8 Å². The van der Waals surface area contributed by atoms with Crippen LogP contribution in [0.2, 0.25) is 0 Å². The fourth-order valence-electron chi connectivity index (χ4n) is 3.12. The molecule has 1 nitrogen and oxygen atoms in total. The van der Waals surface area contributed by atoms with Crippen molar-refractivity contribution in [2.45, 2.75) is 66.8 Å². The van der Waals surface area contributed by atoms with Crippen LogP contribution >= 0.6 is 0 Å². The highest BCUT2D eigenvalue weighted by Crippen LogP contribution is 2.44. The summed E-state index contributed by atoms with van der Waals surface area (Å²) in [5.74, 6) is 2.64. The molecule has 0 amide bonds. The Balaban J connectivity index is 2.55. The molecule has 1 heteroatoms. The van der Waals surface area contributed by atoms with E-state index in [9.17, 15) is 0 Å². The Morgan fingerprint density at radius 3 is 2.31 bits per heavy atom. The molecule has 0 aromatic rings. The summed E-state index contributed by atoms with van der Waals surface area (Å²) in [6, 6.07) is 0.628. The van der Waals surface area contributed by atoms with Gasteiger partial charge in [-0.1, -0.05) is 41.5 Å². The van der Waals surface area contributed by atoms with Crippen LogP contribution in [0.3, 0.4) is 0 Å². The topological polar surface area (TPSA) is 12.0 Å². The Labute approximate surface area is 102 Å². The third-order valence-corrected chi connectivity index (χ3v) is 4.23. The monoisotopic (exact) mass is 225 g/mol. The lowest BCUT2D eigenvalue weighted by atomic mass is 9.64. The SMILES string of the molecule is CC(C)NCC1CCC(C)(C)CC1C(C)C. The lowest BCUT2D eigenvalue weighted by Gasteiger charge is -2.43. The first-order valence-electron chi connectivity index (χ1n) is 7.05. The highest BCUT2D eigenvalue weighted by Gasteiger charge is 2.35. The zero-order valence-electron chi connectivity index (χ0n) is 12.1. The molecule has 0 aliphatic heterocycles. The van der Waals surface area contributed by atoms with Crippen LogP contribution in [0.4, 0.5) is 0 Å². The molecule has 0 bridgehead atoms. The van der Waals surface area contributed by atoms with Crippen molar-refractivity contribution in [2.75, 3.05) is 6.54 Å². The fourth-order valence-corrected chi connectivity index (χ4v) is 3.12. The lowest BCUT2D eigenvalue weighted by molar-refractivity contribution is 0.0833. The average Bonchev–Trinajstić information content (AvgIpc) is 2.14. The van der Waals surface area contributed by atoms with Crippen molar-refractivity contribution < 1.29 is 0 Å². The van der Waals surface area contributed by atoms with Gasteiger partial charge in [0.2, 0.25) is 0 Å². The zero-order chi connectivity index (χ0) is 12.3. The summed E-state index contributed by atoms with van der Waals surface area (Å²) < 4.78 is 0. The van der Waals surface area contributed by atoms with Crippen molar-refractivity contribution in [1.82, 2.24) is 5.32 Å². The first-order chi connectivity index (χ1) is 7.32. The molecule has 0 heterocycles. The predicted molar refractivity (Wildman–Crippen MR) is 72.6 cm³/mol. The minimum atomic E-state index is 0.573. The molecule has 16 heavy (non-hydrogen) atoms. The maximum absolute atomic E-state index is 3.63. The first-order valence-corrected chi connectivity index (χ1v) is 7.05. The molecule has 1 rings (SSSR count). The molecular formula is C15H31N. The quantitative estimate of drug-likeness (QED) is 0.760. The van der Waals surface area contributed by atoms with Gasteiger partial charge in [0.15, 0.2) is 0 Å². The van der Waals surface area contributed by atoms with Gasteiger partial charge in [0.25, 0.3) is 0 Å².